The Morgan fingerprint density at radius 2 is 2.07 bits per heavy atom. The number of carbonyl (C=O) groups excluding carboxylic acids is 2. The molecule has 0 saturated heterocycles. The number of aryl methyl sites for hydroxylation is 1. The van der Waals surface area contributed by atoms with E-state index in [0.717, 1.165) is 35.8 Å². The molecule has 0 saturated carbocycles. The van der Waals surface area contributed by atoms with Crippen molar-refractivity contribution < 1.29 is 23.8 Å². The predicted molar refractivity (Wildman–Crippen MR) is 105 cm³/mol. The molecule has 0 unspecified atom stereocenters. The fraction of sp³-hybridized carbons (Fsp3) is 0.450. The maximum atomic E-state index is 12.3. The lowest BCUT2D eigenvalue weighted by molar-refractivity contribution is -0.308. The summed E-state index contributed by atoms with van der Waals surface area (Å²) in [5.74, 6) is -0.922. The first-order valence-corrected chi connectivity index (χ1v) is 10.6. The number of hydrogen-bond acceptors (Lipinski definition) is 7. The number of carboxylic acid groups (broad SMARTS) is 1. The third-order valence-electron chi connectivity index (χ3n) is 4.84. The summed E-state index contributed by atoms with van der Waals surface area (Å²) >= 11 is 1.49. The van der Waals surface area contributed by atoms with Crippen LogP contribution in [0.3, 0.4) is 0 Å². The number of fused-ring (bicyclic) bond motifs is 3. The van der Waals surface area contributed by atoms with Gasteiger partial charge in [-0.2, -0.15) is 11.8 Å². The summed E-state index contributed by atoms with van der Waals surface area (Å²) < 4.78 is 11.0. The van der Waals surface area contributed by atoms with E-state index in [-0.39, 0.29) is 12.0 Å². The van der Waals surface area contributed by atoms with E-state index in [1.165, 1.54) is 18.7 Å². The number of rotatable bonds is 8. The molecule has 7 nitrogen and oxygen atoms in total. The lowest BCUT2D eigenvalue weighted by Gasteiger charge is -2.22. The maximum Gasteiger partial charge on any atom is 0.339 e. The van der Waals surface area contributed by atoms with E-state index < -0.39 is 24.0 Å². The van der Waals surface area contributed by atoms with Gasteiger partial charge in [0.05, 0.1) is 12.0 Å². The van der Waals surface area contributed by atoms with E-state index in [0.29, 0.717) is 17.1 Å². The van der Waals surface area contributed by atoms with Crippen molar-refractivity contribution in [1.82, 2.24) is 5.32 Å². The van der Waals surface area contributed by atoms with Gasteiger partial charge in [-0.05, 0) is 62.3 Å². The zero-order chi connectivity index (χ0) is 20.3. The monoisotopic (exact) mass is 404 g/mol. The Morgan fingerprint density at radius 3 is 2.79 bits per heavy atom. The molecule has 150 valence electrons. The molecule has 1 heterocycles. The molecule has 28 heavy (non-hydrogen) atoms. The number of carbonyl (C=O) groups is 2. The molecule has 0 aliphatic heterocycles. The van der Waals surface area contributed by atoms with Crippen LogP contribution >= 0.6 is 11.8 Å². The van der Waals surface area contributed by atoms with Gasteiger partial charge >= 0.3 is 5.63 Å². The molecular weight excluding hydrogens is 382 g/mol. The number of ether oxygens (including phenoxy) is 1. The average Bonchev–Trinajstić information content (AvgIpc) is 3.15. The second-order valence-electron chi connectivity index (χ2n) is 6.78. The largest absolute Gasteiger partial charge is 0.548 e. The molecule has 2 aromatic rings. The minimum atomic E-state index is -1.32. The first-order valence-electron chi connectivity index (χ1n) is 9.16. The summed E-state index contributed by atoms with van der Waals surface area (Å²) in [5, 5.41) is 14.5. The number of benzene rings is 1. The highest BCUT2D eigenvalue weighted by atomic mass is 32.2. The van der Waals surface area contributed by atoms with Gasteiger partial charge in [0.2, 0.25) is 0 Å². The van der Waals surface area contributed by atoms with Gasteiger partial charge in [0.25, 0.3) is 5.91 Å². The standard InChI is InChI=1S/C20H23NO6S/c1-11(18(22)21-16(19(23)24)8-9-28-2)26-12-6-7-14-13-4-3-5-15(13)20(25)27-17(14)10-12/h6-7,10-11,16H,3-5,8-9H2,1-2H3,(H,21,22)(H,23,24)/p-1/t11-,16+/m1/s1. The van der Waals surface area contributed by atoms with Crippen LogP contribution in [0, 0.1) is 0 Å². The number of aliphatic carboxylic acids is 1. The summed E-state index contributed by atoms with van der Waals surface area (Å²) in [4.78, 5) is 35.6. The van der Waals surface area contributed by atoms with Crippen LogP contribution in [-0.2, 0) is 22.4 Å². The normalized spacial score (nSPS) is 15.1. The van der Waals surface area contributed by atoms with Gasteiger partial charge in [-0.15, -0.1) is 0 Å². The minimum absolute atomic E-state index is 0.272. The van der Waals surface area contributed by atoms with Crippen LogP contribution in [0.15, 0.2) is 27.4 Å². The van der Waals surface area contributed by atoms with Gasteiger partial charge in [-0.3, -0.25) is 4.79 Å². The Hall–Kier alpha value is -2.48. The molecule has 8 heteroatoms. The van der Waals surface area contributed by atoms with Crippen molar-refractivity contribution in [2.24, 2.45) is 0 Å². The first kappa shape index (κ1) is 20.3. The Balaban J connectivity index is 1.73. The highest BCUT2D eigenvalue weighted by Gasteiger charge is 2.22. The van der Waals surface area contributed by atoms with Crippen LogP contribution < -0.4 is 20.8 Å². The average molecular weight is 404 g/mol. The molecule has 1 aromatic heterocycles. The molecule has 1 amide bonds. The number of thioether (sulfide) groups is 1. The summed E-state index contributed by atoms with van der Waals surface area (Å²) in [6.45, 7) is 1.53. The smallest absolute Gasteiger partial charge is 0.339 e. The molecule has 0 radical (unpaired) electrons. The van der Waals surface area contributed by atoms with Crippen LogP contribution in [0.1, 0.15) is 30.9 Å². The van der Waals surface area contributed by atoms with Gasteiger partial charge < -0.3 is 24.4 Å². The van der Waals surface area contributed by atoms with Crippen LogP contribution in [0.5, 0.6) is 5.75 Å². The number of amides is 1. The summed E-state index contributed by atoms with van der Waals surface area (Å²) in [7, 11) is 0. The molecule has 0 bridgehead atoms. The van der Waals surface area contributed by atoms with Gasteiger partial charge in [0.1, 0.15) is 11.3 Å². The second-order valence-corrected chi connectivity index (χ2v) is 7.77. The molecule has 1 aliphatic carbocycles. The molecule has 0 spiro atoms. The van der Waals surface area contributed by atoms with Crippen LogP contribution in [0.2, 0.25) is 0 Å². The van der Waals surface area contributed by atoms with E-state index >= 15 is 0 Å². The highest BCUT2D eigenvalue weighted by Crippen LogP contribution is 2.29. The molecule has 2 atom stereocenters. The number of carboxylic acids is 1. The van der Waals surface area contributed by atoms with E-state index in [2.05, 4.69) is 5.32 Å². The zero-order valence-corrected chi connectivity index (χ0v) is 16.6. The molecular formula is C20H22NO6S-. The third-order valence-corrected chi connectivity index (χ3v) is 5.48. The van der Waals surface area contributed by atoms with Gasteiger partial charge in [-0.1, -0.05) is 0 Å². The van der Waals surface area contributed by atoms with Crippen LogP contribution in [0.25, 0.3) is 11.0 Å². The number of hydrogen-bond donors (Lipinski definition) is 1. The van der Waals surface area contributed by atoms with Crippen molar-refractivity contribution in [1.29, 1.82) is 0 Å². The maximum absolute atomic E-state index is 12.3. The van der Waals surface area contributed by atoms with Crippen molar-refractivity contribution >= 4 is 34.6 Å². The Kier molecular flexibility index (Phi) is 6.28. The van der Waals surface area contributed by atoms with E-state index in [1.54, 1.807) is 12.1 Å². The Labute approximate surface area is 166 Å². The van der Waals surface area contributed by atoms with Crippen molar-refractivity contribution in [3.05, 3.63) is 39.7 Å². The van der Waals surface area contributed by atoms with Gasteiger partial charge in [0, 0.05) is 17.0 Å². The fourth-order valence-corrected chi connectivity index (χ4v) is 3.84. The van der Waals surface area contributed by atoms with E-state index in [9.17, 15) is 19.5 Å². The van der Waals surface area contributed by atoms with Crippen LogP contribution in [0.4, 0.5) is 0 Å². The second kappa shape index (κ2) is 8.68. The van der Waals surface area contributed by atoms with E-state index in [1.807, 2.05) is 12.3 Å². The summed E-state index contributed by atoms with van der Waals surface area (Å²) in [6, 6.07) is 4.06. The predicted octanol–water partition coefficient (Wildman–Crippen LogP) is 1.04. The first-order chi connectivity index (χ1) is 13.4. The minimum Gasteiger partial charge on any atom is -0.548 e. The zero-order valence-electron chi connectivity index (χ0n) is 15.8. The van der Waals surface area contributed by atoms with Crippen molar-refractivity contribution in [2.45, 2.75) is 44.8 Å². The summed E-state index contributed by atoms with van der Waals surface area (Å²) in [6.07, 6.45) is 3.72. The topological polar surface area (TPSA) is 109 Å². The summed E-state index contributed by atoms with van der Waals surface area (Å²) in [5.41, 5.74) is 1.86. The Morgan fingerprint density at radius 1 is 1.32 bits per heavy atom. The van der Waals surface area contributed by atoms with Gasteiger partial charge in [-0.25, -0.2) is 4.79 Å². The quantitative estimate of drug-likeness (QED) is 0.655. The molecule has 1 aliphatic rings. The fourth-order valence-electron chi connectivity index (χ4n) is 3.37. The molecule has 1 N–H and O–H groups in total. The van der Waals surface area contributed by atoms with Crippen molar-refractivity contribution in [3.8, 4) is 5.75 Å². The molecule has 1 aromatic carbocycles. The van der Waals surface area contributed by atoms with Crippen molar-refractivity contribution in [2.75, 3.05) is 12.0 Å². The van der Waals surface area contributed by atoms with Crippen molar-refractivity contribution in [3.63, 3.8) is 0 Å². The SMILES string of the molecule is CSCC[C@H](NC(=O)[C@@H](C)Oc1ccc2c3c(c(=O)oc2c1)CCC3)C(=O)[O-]. The lowest BCUT2D eigenvalue weighted by atomic mass is 10.1. The van der Waals surface area contributed by atoms with E-state index in [4.69, 9.17) is 9.15 Å². The Bertz CT molecular complexity index is 954. The highest BCUT2D eigenvalue weighted by molar-refractivity contribution is 7.98. The lowest BCUT2D eigenvalue weighted by Crippen LogP contribution is -2.51. The molecule has 0 fully saturated rings. The van der Waals surface area contributed by atoms with Gasteiger partial charge in [0.15, 0.2) is 6.10 Å². The number of nitrogens with one attached hydrogen (secondary N) is 1. The third kappa shape index (κ3) is 4.32. The molecule has 3 rings (SSSR count). The van der Waals surface area contributed by atoms with Crippen LogP contribution in [-0.4, -0.2) is 36.0 Å².